The fourth-order valence-electron chi connectivity index (χ4n) is 29.2. The summed E-state index contributed by atoms with van der Waals surface area (Å²) < 4.78 is 49.1. The smallest absolute Gasteiger partial charge is 0.119 e. The second kappa shape index (κ2) is 64.7. The third-order valence-electron chi connectivity index (χ3n) is 35.7. The van der Waals surface area contributed by atoms with E-state index in [9.17, 15) is 0 Å². The van der Waals surface area contributed by atoms with E-state index in [1.54, 1.807) is 0 Å². The number of hydrogen-bond donors (Lipinski definition) is 0. The zero-order chi connectivity index (χ0) is 101. The molecule has 11 aliphatic carbocycles. The van der Waals surface area contributed by atoms with Crippen molar-refractivity contribution in [2.24, 2.45) is 111 Å². The van der Waals surface area contributed by atoms with Crippen molar-refractivity contribution in [3.63, 3.8) is 0 Å². The maximum Gasteiger partial charge on any atom is 0.119 e. The Balaban J connectivity index is 0.000000186. The molecule has 8 nitrogen and oxygen atoms in total. The van der Waals surface area contributed by atoms with Crippen molar-refractivity contribution in [3.8, 4) is 5.75 Å². The van der Waals surface area contributed by atoms with Gasteiger partial charge in [-0.1, -0.05) is 375 Å². The molecule has 0 aliphatic heterocycles. The van der Waals surface area contributed by atoms with Crippen LogP contribution in [0.2, 0.25) is 0 Å². The summed E-state index contributed by atoms with van der Waals surface area (Å²) in [6.45, 7) is 57.8. The molecule has 10 fully saturated rings. The first-order valence-corrected chi connectivity index (χ1v) is 60.5. The minimum absolute atomic E-state index is 0.251. The number of ether oxygens (including phenoxy) is 8. The summed E-state index contributed by atoms with van der Waals surface area (Å²) in [7, 11) is 0. The van der Waals surface area contributed by atoms with Crippen molar-refractivity contribution in [1.82, 2.24) is 0 Å². The van der Waals surface area contributed by atoms with Gasteiger partial charge in [0.15, 0.2) is 0 Å². The van der Waals surface area contributed by atoms with E-state index in [1.807, 2.05) is 0 Å². The van der Waals surface area contributed by atoms with Gasteiger partial charge in [0.2, 0.25) is 0 Å². The molecule has 0 spiro atoms. The Morgan fingerprint density at radius 3 is 1.36 bits per heavy atom. The van der Waals surface area contributed by atoms with E-state index >= 15 is 0 Å². The minimum Gasteiger partial charge on any atom is -0.491 e. The van der Waals surface area contributed by atoms with Crippen LogP contribution in [-0.4, -0.2) is 87.5 Å². The molecule has 15 rings (SSSR count). The molecule has 0 N–H and O–H groups in total. The molecular weight excluding hydrogens is 1710 g/mol. The lowest BCUT2D eigenvalue weighted by Gasteiger charge is -2.42. The van der Waals surface area contributed by atoms with Gasteiger partial charge in [-0.15, -0.1) is 0 Å². The quantitative estimate of drug-likeness (QED) is 0.0408. The third kappa shape index (κ3) is 43.9. The van der Waals surface area contributed by atoms with E-state index in [1.165, 1.54) is 323 Å². The topological polar surface area (TPSA) is 73.8 Å². The Morgan fingerprint density at radius 1 is 0.329 bits per heavy atom. The van der Waals surface area contributed by atoms with Crippen LogP contribution in [0, 0.1) is 111 Å². The van der Waals surface area contributed by atoms with Crippen LogP contribution < -0.4 is 4.74 Å². The number of fused-ring (bicyclic) bond motifs is 7. The van der Waals surface area contributed by atoms with Crippen molar-refractivity contribution >= 4 is 0 Å². The van der Waals surface area contributed by atoms with Crippen LogP contribution in [0.3, 0.4) is 0 Å². The summed E-state index contributed by atoms with van der Waals surface area (Å²) in [4.78, 5) is 0. The van der Waals surface area contributed by atoms with Crippen LogP contribution in [-0.2, 0) is 39.6 Å². The Labute approximate surface area is 866 Å². The highest BCUT2D eigenvalue weighted by molar-refractivity contribution is 5.34. The molecule has 10 saturated carbocycles. The number of aryl methyl sites for hydroxylation is 1. The SMILES string of the molecule is CC(C)CC(C)OC1CC2CC1C1CCCC21.CC(C)CC(C)OC1CCC2CCCCC2C1.CC(C)CC(C)OC1CCCCC1.CC(CC(C(C)(C)C)C(C)(C)C)OCCOc1ccc(C2CCCCC2)cc1.CC(CC(C1CCCCC1)C1CCCCC1)OC1CCCc2ccccc21.CC(CC(c1ccccc1)c1ccccc1)OCCC1CCCCC1.CCOC(C)CC(C(C)C)C(C)C. The van der Waals surface area contributed by atoms with Crippen LogP contribution >= 0.6 is 0 Å². The van der Waals surface area contributed by atoms with Gasteiger partial charge in [-0.3, -0.25) is 0 Å². The van der Waals surface area contributed by atoms with Gasteiger partial charge in [-0.2, -0.15) is 0 Å². The molecule has 140 heavy (non-hydrogen) atoms. The molecule has 2 bridgehead atoms. The molecule has 0 amide bonds. The summed E-state index contributed by atoms with van der Waals surface area (Å²) in [5.74, 6) is 17.3. The monoisotopic (exact) mass is 1940 g/mol. The summed E-state index contributed by atoms with van der Waals surface area (Å²) in [6.07, 6.45) is 71.0. The highest BCUT2D eigenvalue weighted by Gasteiger charge is 2.55. The minimum atomic E-state index is 0.251. The predicted molar refractivity (Wildman–Crippen MR) is 600 cm³/mol. The van der Waals surface area contributed by atoms with Gasteiger partial charge in [0.1, 0.15) is 12.4 Å². The Kier molecular flexibility index (Phi) is 55.4. The zero-order valence-corrected chi connectivity index (χ0v) is 95.7. The van der Waals surface area contributed by atoms with Gasteiger partial charge in [0.25, 0.3) is 0 Å². The van der Waals surface area contributed by atoms with Crippen LogP contribution in [0.4, 0.5) is 0 Å². The van der Waals surface area contributed by atoms with Gasteiger partial charge < -0.3 is 37.9 Å². The number of hydrogen-bond acceptors (Lipinski definition) is 8. The van der Waals surface area contributed by atoms with Crippen LogP contribution in [0.1, 0.15) is 514 Å². The lowest BCUT2D eigenvalue weighted by molar-refractivity contribution is -0.0569. The van der Waals surface area contributed by atoms with Crippen molar-refractivity contribution < 1.29 is 37.9 Å². The average Bonchev–Trinajstić information content (AvgIpc) is 1.59. The van der Waals surface area contributed by atoms with E-state index in [4.69, 9.17) is 37.9 Å². The van der Waals surface area contributed by atoms with E-state index in [-0.39, 0.29) is 23.0 Å². The molecule has 16 atom stereocenters. The summed E-state index contributed by atoms with van der Waals surface area (Å²) in [5, 5.41) is 0. The highest BCUT2D eigenvalue weighted by atomic mass is 16.5. The second-order valence-corrected chi connectivity index (χ2v) is 51.8. The molecule has 16 unspecified atom stereocenters. The van der Waals surface area contributed by atoms with Crippen molar-refractivity contribution in [2.45, 2.75) is 553 Å². The molecular formula is C132H224O8. The molecule has 0 saturated heterocycles. The van der Waals surface area contributed by atoms with Gasteiger partial charge in [0, 0.05) is 19.1 Å². The lowest BCUT2D eigenvalue weighted by atomic mass is 9.64. The maximum absolute atomic E-state index is 6.73. The Hall–Kier alpha value is -3.60. The largest absolute Gasteiger partial charge is 0.491 e. The molecule has 4 aromatic carbocycles. The van der Waals surface area contributed by atoms with Gasteiger partial charge in [-0.05, 0) is 354 Å². The maximum atomic E-state index is 6.73. The Morgan fingerprint density at radius 2 is 0.807 bits per heavy atom. The van der Waals surface area contributed by atoms with Gasteiger partial charge >= 0.3 is 0 Å². The molecule has 4 aromatic rings. The van der Waals surface area contributed by atoms with Crippen LogP contribution in [0.15, 0.2) is 109 Å². The first kappa shape index (κ1) is 120. The second-order valence-electron chi connectivity index (χ2n) is 51.8. The molecule has 11 aliphatic rings. The standard InChI is InChI=1S/C26H44O2.C26H40O.C24H32O.C16H28O.C16H30O.C12H24O.C12H26O/c1-20(19-24(25(2,3)4)26(5,6)7)27-17-18-28-23-15-13-22(14-16-23)21-11-9-8-10-12-21;1-20(27-26-18-10-16-21-15-8-9-17-24(21)26)19-25(22-11-4-2-5-12-22)23-13-6-3-7-14-23;1-20(25-18-17-21-11-5-2-6-12-21)19-24(22-13-7-3-8-14-22)23-15-9-4-10-16-23;1-10(2)7-11(3)17-16-9-12-8-15(16)14-6-4-5-13(12)14;1-12(2)10-13(3)17-16-9-8-14-6-4-5-7-15(14)11-16;1-10(2)9-11(3)13-12-7-5-4-6-8-12;1-7-13-11(6)8-12(9(2)3)10(4)5/h13-16,20-21,24H,8-12,17-19H2,1-7H3;8-9,15,17,20,22-23,25-26H,2-7,10-14,16,18-19H2,1H3;3-4,7-10,13-16,20-21,24H,2,5-6,11-12,17-19H2,1H3;10-16H,4-9H2,1-3H3;12-16H,4-11H2,1-3H3;10-12H,4-9H2,1-3H3;9-12H,7-8H2,1-6H3. The van der Waals surface area contributed by atoms with Crippen molar-refractivity contribution in [2.75, 3.05) is 26.4 Å². The van der Waals surface area contributed by atoms with Crippen molar-refractivity contribution in [1.29, 1.82) is 0 Å². The van der Waals surface area contributed by atoms with Gasteiger partial charge in [0.05, 0.1) is 73.8 Å². The van der Waals surface area contributed by atoms with Crippen LogP contribution in [0.25, 0.3) is 0 Å². The molecule has 8 heteroatoms. The number of rotatable bonds is 40. The van der Waals surface area contributed by atoms with Gasteiger partial charge in [-0.25, -0.2) is 0 Å². The first-order chi connectivity index (χ1) is 67.2. The highest BCUT2D eigenvalue weighted by Crippen LogP contribution is 2.60. The van der Waals surface area contributed by atoms with E-state index in [2.05, 4.69) is 275 Å². The predicted octanol–water partition coefficient (Wildman–Crippen LogP) is 38.4. The number of benzene rings is 4. The average molecular weight is 1940 g/mol. The molecule has 0 radical (unpaired) electrons. The van der Waals surface area contributed by atoms with E-state index < -0.39 is 0 Å². The summed E-state index contributed by atoms with van der Waals surface area (Å²) in [6, 6.07) is 39.5. The Bertz CT molecular complexity index is 3650. The third-order valence-corrected chi connectivity index (χ3v) is 35.7. The molecule has 800 valence electrons. The zero-order valence-electron chi connectivity index (χ0n) is 95.7. The van der Waals surface area contributed by atoms with Crippen molar-refractivity contribution in [3.05, 3.63) is 137 Å². The molecule has 0 heterocycles. The summed E-state index contributed by atoms with van der Waals surface area (Å²) in [5.41, 5.74) is 7.82. The van der Waals surface area contributed by atoms with E-state index in [0.29, 0.717) is 80.0 Å². The normalized spacial score (nSPS) is 24.9. The lowest BCUT2D eigenvalue weighted by Crippen LogP contribution is -2.35. The fourth-order valence-corrected chi connectivity index (χ4v) is 29.2. The molecule has 0 aromatic heterocycles. The first-order valence-electron chi connectivity index (χ1n) is 60.5. The summed E-state index contributed by atoms with van der Waals surface area (Å²) >= 11 is 0. The van der Waals surface area contributed by atoms with E-state index in [0.717, 1.165) is 132 Å². The fraction of sp³-hybridized carbons (Fsp3) is 0.818. The van der Waals surface area contributed by atoms with Crippen LogP contribution in [0.5, 0.6) is 5.75 Å².